The summed E-state index contributed by atoms with van der Waals surface area (Å²) >= 11 is 0. The number of fused-ring (bicyclic) bond motifs is 4. The fourth-order valence-corrected chi connectivity index (χ4v) is 9.57. The maximum absolute atomic E-state index is 6.71. The topological polar surface area (TPSA) is 16.4 Å². The summed E-state index contributed by atoms with van der Waals surface area (Å²) < 4.78 is 6.71. The lowest BCUT2D eigenvalue weighted by Gasteiger charge is -2.27. The molecule has 64 heavy (non-hydrogen) atoms. The molecule has 1 heterocycles. The lowest BCUT2D eigenvalue weighted by atomic mass is 9.83. The number of furan rings is 1. The number of benzene rings is 10. The zero-order chi connectivity index (χ0) is 43.2. The molecule has 0 atom stereocenters. The third kappa shape index (κ3) is 7.13. The zero-order valence-electron chi connectivity index (χ0n) is 36.3. The summed E-state index contributed by atoms with van der Waals surface area (Å²) in [6.07, 6.45) is 0. The van der Waals surface area contributed by atoms with E-state index in [2.05, 4.69) is 250 Å². The van der Waals surface area contributed by atoms with Crippen LogP contribution in [0.2, 0.25) is 0 Å². The summed E-state index contributed by atoms with van der Waals surface area (Å²) in [7, 11) is 0. The van der Waals surface area contributed by atoms with Gasteiger partial charge in [-0.15, -0.1) is 0 Å². The van der Waals surface area contributed by atoms with Crippen LogP contribution in [0.25, 0.3) is 88.3 Å². The van der Waals surface area contributed by atoms with Gasteiger partial charge in [-0.2, -0.15) is 0 Å². The molecule has 0 bridgehead atoms. The molecule has 0 fully saturated rings. The minimum atomic E-state index is -0.128. The van der Waals surface area contributed by atoms with Crippen molar-refractivity contribution in [3.05, 3.63) is 236 Å². The van der Waals surface area contributed by atoms with Crippen molar-refractivity contribution in [1.29, 1.82) is 0 Å². The van der Waals surface area contributed by atoms with Crippen LogP contribution in [0.3, 0.4) is 0 Å². The lowest BCUT2D eigenvalue weighted by Crippen LogP contribution is -2.12. The number of para-hydroxylation sites is 1. The number of hydrogen-bond acceptors (Lipinski definition) is 2. The molecule has 306 valence electrons. The van der Waals surface area contributed by atoms with Crippen LogP contribution in [0.4, 0.5) is 17.1 Å². The van der Waals surface area contributed by atoms with Crippen molar-refractivity contribution < 1.29 is 4.42 Å². The molecule has 0 unspecified atom stereocenters. The van der Waals surface area contributed by atoms with Crippen LogP contribution in [0, 0.1) is 0 Å². The highest BCUT2D eigenvalue weighted by atomic mass is 16.3. The van der Waals surface area contributed by atoms with Crippen molar-refractivity contribution in [3.8, 4) is 55.8 Å². The Morgan fingerprint density at radius 3 is 1.53 bits per heavy atom. The fourth-order valence-electron chi connectivity index (χ4n) is 9.57. The van der Waals surface area contributed by atoms with E-state index in [1.54, 1.807) is 0 Å². The Balaban J connectivity index is 1.01. The average molecular weight is 822 g/mol. The van der Waals surface area contributed by atoms with Crippen LogP contribution in [-0.2, 0) is 5.41 Å². The van der Waals surface area contributed by atoms with Gasteiger partial charge in [0.25, 0.3) is 0 Å². The van der Waals surface area contributed by atoms with E-state index >= 15 is 0 Å². The molecule has 2 nitrogen and oxygen atoms in total. The fraction of sp³-hybridized carbons (Fsp3) is 0.0645. The van der Waals surface area contributed by atoms with Gasteiger partial charge in [-0.3, -0.25) is 0 Å². The van der Waals surface area contributed by atoms with Gasteiger partial charge in [0.2, 0.25) is 0 Å². The molecule has 0 aliphatic heterocycles. The van der Waals surface area contributed by atoms with E-state index in [1.807, 2.05) is 6.07 Å². The minimum absolute atomic E-state index is 0.128. The quantitative estimate of drug-likeness (QED) is 0.142. The first-order valence-corrected chi connectivity index (χ1v) is 22.2. The summed E-state index contributed by atoms with van der Waals surface area (Å²) in [6.45, 7) is 6.80. The molecule has 1 aromatic heterocycles. The Hall–Kier alpha value is -7.94. The Morgan fingerprint density at radius 2 is 0.844 bits per heavy atom. The highest BCUT2D eigenvalue weighted by Crippen LogP contribution is 2.45. The van der Waals surface area contributed by atoms with Crippen molar-refractivity contribution in [2.24, 2.45) is 0 Å². The van der Waals surface area contributed by atoms with Crippen LogP contribution in [0.5, 0.6) is 0 Å². The Kier molecular flexibility index (Phi) is 9.78. The molecule has 0 aliphatic carbocycles. The third-order valence-corrected chi connectivity index (χ3v) is 12.6. The summed E-state index contributed by atoms with van der Waals surface area (Å²) in [6, 6.07) is 83.3. The van der Waals surface area contributed by atoms with Crippen molar-refractivity contribution in [1.82, 2.24) is 0 Å². The molecule has 0 N–H and O–H groups in total. The van der Waals surface area contributed by atoms with E-state index in [4.69, 9.17) is 4.42 Å². The summed E-state index contributed by atoms with van der Waals surface area (Å²) in [4.78, 5) is 2.36. The molecular weight excluding hydrogens is 775 g/mol. The molecule has 0 saturated carbocycles. The van der Waals surface area contributed by atoms with Crippen LogP contribution in [0.15, 0.2) is 235 Å². The monoisotopic (exact) mass is 821 g/mol. The first-order chi connectivity index (χ1) is 31.4. The predicted molar refractivity (Wildman–Crippen MR) is 272 cm³/mol. The van der Waals surface area contributed by atoms with E-state index in [1.165, 1.54) is 66.1 Å². The lowest BCUT2D eigenvalue weighted by molar-refractivity contribution is 0.568. The van der Waals surface area contributed by atoms with Gasteiger partial charge < -0.3 is 9.32 Å². The van der Waals surface area contributed by atoms with Gasteiger partial charge in [0.05, 0.1) is 0 Å². The van der Waals surface area contributed by atoms with E-state index in [0.717, 1.165) is 44.9 Å². The van der Waals surface area contributed by atoms with Gasteiger partial charge in [0.15, 0.2) is 0 Å². The molecule has 10 aromatic carbocycles. The Bertz CT molecular complexity index is 3460. The van der Waals surface area contributed by atoms with Crippen molar-refractivity contribution in [3.63, 3.8) is 0 Å². The number of hydrogen-bond donors (Lipinski definition) is 0. The highest BCUT2D eigenvalue weighted by Gasteiger charge is 2.27. The number of anilines is 3. The summed E-state index contributed by atoms with van der Waals surface area (Å²) in [5.74, 6) is 0.915. The molecule has 0 saturated heterocycles. The zero-order valence-corrected chi connectivity index (χ0v) is 36.3. The average Bonchev–Trinajstić information content (AvgIpc) is 3.76. The van der Waals surface area contributed by atoms with Gasteiger partial charge in [-0.05, 0) is 120 Å². The second-order valence-electron chi connectivity index (χ2n) is 17.7. The number of nitrogens with zero attached hydrogens (tertiary/aromatic N) is 1. The molecule has 0 radical (unpaired) electrons. The standard InChI is InChI=1S/C62H47NO/c1-62(2,3)60-58-26-13-14-27-59(58)64-61(60)48-19-15-20-51(41-48)63(49-35-30-42(31-36-49)46-34-39-55-47(40-46)29-28-44-18-7-8-21-52(44)55)50-37-32-45(33-38-50)54-23-10-12-25-57(54)56-24-11-9-22-53(56)43-16-5-4-6-17-43/h4-41H,1-3H3. The van der Waals surface area contributed by atoms with Gasteiger partial charge in [-0.1, -0.05) is 203 Å². The predicted octanol–water partition coefficient (Wildman–Crippen LogP) is 17.8. The maximum atomic E-state index is 6.71. The molecule has 0 spiro atoms. The smallest absolute Gasteiger partial charge is 0.139 e. The van der Waals surface area contributed by atoms with Gasteiger partial charge in [-0.25, -0.2) is 0 Å². The minimum Gasteiger partial charge on any atom is -0.456 e. The van der Waals surface area contributed by atoms with Crippen molar-refractivity contribution in [2.45, 2.75) is 26.2 Å². The first-order valence-electron chi connectivity index (χ1n) is 22.2. The molecule has 2 heteroatoms. The van der Waals surface area contributed by atoms with Crippen molar-refractivity contribution in [2.75, 3.05) is 4.90 Å². The molecule has 0 aliphatic rings. The Labute approximate surface area is 375 Å². The number of rotatable bonds is 8. The normalized spacial score (nSPS) is 11.7. The van der Waals surface area contributed by atoms with Crippen LogP contribution >= 0.6 is 0 Å². The summed E-state index contributed by atoms with van der Waals surface area (Å²) in [5.41, 5.74) is 15.8. The molecule has 11 aromatic rings. The van der Waals surface area contributed by atoms with Crippen LogP contribution in [-0.4, -0.2) is 0 Å². The maximum Gasteiger partial charge on any atom is 0.139 e. The van der Waals surface area contributed by atoms with Crippen LogP contribution < -0.4 is 4.90 Å². The molecule has 11 rings (SSSR count). The third-order valence-electron chi connectivity index (χ3n) is 12.6. The van der Waals surface area contributed by atoms with E-state index in [-0.39, 0.29) is 5.41 Å². The largest absolute Gasteiger partial charge is 0.456 e. The van der Waals surface area contributed by atoms with E-state index in [0.29, 0.717) is 0 Å². The second-order valence-corrected chi connectivity index (χ2v) is 17.7. The van der Waals surface area contributed by atoms with Gasteiger partial charge in [0.1, 0.15) is 11.3 Å². The van der Waals surface area contributed by atoms with E-state index < -0.39 is 0 Å². The summed E-state index contributed by atoms with van der Waals surface area (Å²) in [5, 5.41) is 6.21. The SMILES string of the molecule is CC(C)(C)c1c(-c2cccc(N(c3ccc(-c4ccc5c(ccc6ccccc65)c4)cc3)c3ccc(-c4ccccc4-c4ccccc4-c4ccccc4)cc3)c2)oc2ccccc12. The van der Waals surface area contributed by atoms with Gasteiger partial charge >= 0.3 is 0 Å². The highest BCUT2D eigenvalue weighted by molar-refractivity contribution is 6.08. The molecule has 0 amide bonds. The molecular formula is C62H47NO. The Morgan fingerprint density at radius 1 is 0.328 bits per heavy atom. The first kappa shape index (κ1) is 38.9. The van der Waals surface area contributed by atoms with Crippen molar-refractivity contribution >= 4 is 49.6 Å². The van der Waals surface area contributed by atoms with E-state index in [9.17, 15) is 0 Å². The van der Waals surface area contributed by atoms with Gasteiger partial charge in [0, 0.05) is 33.6 Å². The second kappa shape index (κ2) is 16.1. The van der Waals surface area contributed by atoms with Crippen LogP contribution in [0.1, 0.15) is 26.3 Å².